The molecule has 1 aliphatic heterocycles. The van der Waals surface area contributed by atoms with Crippen LogP contribution in [0.25, 0.3) is 0 Å². The fraction of sp³-hybridized carbons (Fsp3) is 0.429. The van der Waals surface area contributed by atoms with Crippen LogP contribution in [-0.4, -0.2) is 19.1 Å². The highest BCUT2D eigenvalue weighted by atomic mass is 16.6. The highest BCUT2D eigenvalue weighted by molar-refractivity contribution is 6.01. The largest absolute Gasteiger partial charge is 0.496 e. The van der Waals surface area contributed by atoms with Crippen LogP contribution in [-0.2, 0) is 22.4 Å². The minimum absolute atomic E-state index is 0.414. The van der Waals surface area contributed by atoms with E-state index in [-0.39, 0.29) is 0 Å². The van der Waals surface area contributed by atoms with Gasteiger partial charge < -0.3 is 9.47 Å². The first-order valence-electron chi connectivity index (χ1n) is 6.32. The third-order valence-corrected chi connectivity index (χ3v) is 3.73. The summed E-state index contributed by atoms with van der Waals surface area (Å²) in [5.41, 5.74) is 4.01. The van der Waals surface area contributed by atoms with Gasteiger partial charge in [0, 0.05) is 5.56 Å². The van der Waals surface area contributed by atoms with Crippen LogP contribution in [0.2, 0.25) is 0 Å². The Kier molecular flexibility index (Phi) is 2.69. The smallest absolute Gasteiger partial charge is 0.415 e. The summed E-state index contributed by atoms with van der Waals surface area (Å²) in [6.45, 7) is 1.94. The molecule has 2 amide bonds. The van der Waals surface area contributed by atoms with Gasteiger partial charge in [0.1, 0.15) is 5.75 Å². The number of ether oxygens (including phenoxy) is 2. The topological polar surface area (TPSA) is 64.6 Å². The van der Waals surface area contributed by atoms with Crippen LogP contribution in [0.4, 0.5) is 4.79 Å². The first kappa shape index (κ1) is 12.0. The molecule has 5 heteroatoms. The van der Waals surface area contributed by atoms with Crippen molar-refractivity contribution in [3.8, 4) is 5.75 Å². The number of hydrogen-bond acceptors (Lipinski definition) is 4. The van der Waals surface area contributed by atoms with Crippen LogP contribution < -0.4 is 10.1 Å². The van der Waals surface area contributed by atoms with Gasteiger partial charge in [0.05, 0.1) is 7.11 Å². The van der Waals surface area contributed by atoms with Crippen molar-refractivity contribution in [2.45, 2.75) is 32.3 Å². The van der Waals surface area contributed by atoms with Crippen molar-refractivity contribution in [1.82, 2.24) is 5.32 Å². The number of alkyl carbamates (subject to hydrolysis) is 1. The van der Waals surface area contributed by atoms with E-state index in [0.717, 1.165) is 36.0 Å². The fourth-order valence-corrected chi connectivity index (χ4v) is 3.00. The molecular weight excluding hydrogens is 246 g/mol. The Hall–Kier alpha value is -2.04. The highest BCUT2D eigenvalue weighted by Gasteiger charge is 2.39. The van der Waals surface area contributed by atoms with Crippen LogP contribution >= 0.6 is 0 Å². The van der Waals surface area contributed by atoms with Gasteiger partial charge in [-0.15, -0.1) is 0 Å². The second-order valence-electron chi connectivity index (χ2n) is 4.91. The minimum Gasteiger partial charge on any atom is -0.496 e. The van der Waals surface area contributed by atoms with Gasteiger partial charge in [0.2, 0.25) is 6.10 Å². The minimum atomic E-state index is -0.880. The van der Waals surface area contributed by atoms with Crippen molar-refractivity contribution in [3.05, 3.63) is 28.3 Å². The average Bonchev–Trinajstić information content (AvgIpc) is 2.93. The zero-order valence-corrected chi connectivity index (χ0v) is 10.9. The van der Waals surface area contributed by atoms with E-state index >= 15 is 0 Å². The number of cyclic esters (lactones) is 1. The van der Waals surface area contributed by atoms with Crippen molar-refractivity contribution < 1.29 is 19.1 Å². The van der Waals surface area contributed by atoms with Gasteiger partial charge in [-0.1, -0.05) is 6.07 Å². The molecule has 1 aromatic carbocycles. The maximum atomic E-state index is 11.9. The van der Waals surface area contributed by atoms with Gasteiger partial charge in [-0.3, -0.25) is 10.1 Å². The number of amides is 2. The molecule has 0 aromatic heterocycles. The molecule has 1 N–H and O–H groups in total. The fourth-order valence-electron chi connectivity index (χ4n) is 3.00. The Morgan fingerprint density at radius 1 is 1.37 bits per heavy atom. The second kappa shape index (κ2) is 4.26. The predicted molar refractivity (Wildman–Crippen MR) is 67.1 cm³/mol. The summed E-state index contributed by atoms with van der Waals surface area (Å²) in [4.78, 5) is 23.1. The Morgan fingerprint density at radius 2 is 2.16 bits per heavy atom. The molecule has 1 aromatic rings. The number of rotatable bonds is 2. The van der Waals surface area contributed by atoms with E-state index in [2.05, 4.69) is 11.4 Å². The van der Waals surface area contributed by atoms with Gasteiger partial charge in [-0.25, -0.2) is 4.79 Å². The lowest BCUT2D eigenvalue weighted by Crippen LogP contribution is -2.21. The molecule has 0 saturated carbocycles. The molecule has 0 radical (unpaired) electrons. The van der Waals surface area contributed by atoms with E-state index in [1.165, 1.54) is 5.56 Å². The Bertz CT molecular complexity index is 576. The van der Waals surface area contributed by atoms with Crippen molar-refractivity contribution in [3.63, 3.8) is 0 Å². The third-order valence-electron chi connectivity index (χ3n) is 3.73. The number of methoxy groups -OCH3 is 1. The molecule has 1 atom stereocenters. The number of nitrogens with one attached hydrogen (secondary N) is 1. The molecule has 3 rings (SSSR count). The normalized spacial score (nSPS) is 21.1. The van der Waals surface area contributed by atoms with Gasteiger partial charge in [-0.05, 0) is 42.9 Å². The Morgan fingerprint density at radius 3 is 2.79 bits per heavy atom. The van der Waals surface area contributed by atoms with Crippen LogP contribution in [0, 0.1) is 6.92 Å². The summed E-state index contributed by atoms with van der Waals surface area (Å²) in [6, 6.07) is 2.10. The molecule has 5 nitrogen and oxygen atoms in total. The lowest BCUT2D eigenvalue weighted by Gasteiger charge is -2.18. The number of carbonyl (C=O) groups excluding carboxylic acids is 2. The van der Waals surface area contributed by atoms with Crippen LogP contribution in [0.1, 0.15) is 34.8 Å². The number of carbonyl (C=O) groups is 2. The molecular formula is C14H15NO4. The SMILES string of the molecule is COc1c(C)cc2c(c1C1OC(=O)NC1=O)CCC2. The van der Waals surface area contributed by atoms with Gasteiger partial charge in [0.15, 0.2) is 0 Å². The van der Waals surface area contributed by atoms with E-state index in [9.17, 15) is 9.59 Å². The molecule has 1 unspecified atom stereocenters. The number of fused-ring (bicyclic) bond motifs is 1. The van der Waals surface area contributed by atoms with Crippen molar-refractivity contribution in [2.24, 2.45) is 0 Å². The molecule has 1 aliphatic carbocycles. The number of benzene rings is 1. The zero-order valence-electron chi connectivity index (χ0n) is 10.9. The summed E-state index contributed by atoms with van der Waals surface area (Å²) < 4.78 is 10.5. The quantitative estimate of drug-likeness (QED) is 0.881. The molecule has 1 saturated heterocycles. The predicted octanol–water partition coefficient (Wildman–Crippen LogP) is 1.80. The maximum Gasteiger partial charge on any atom is 0.415 e. The van der Waals surface area contributed by atoms with Gasteiger partial charge >= 0.3 is 6.09 Å². The van der Waals surface area contributed by atoms with Crippen LogP contribution in [0.15, 0.2) is 6.07 Å². The van der Waals surface area contributed by atoms with Crippen molar-refractivity contribution in [2.75, 3.05) is 7.11 Å². The first-order chi connectivity index (χ1) is 9.11. The third kappa shape index (κ3) is 1.77. The second-order valence-corrected chi connectivity index (χ2v) is 4.91. The van der Waals surface area contributed by atoms with E-state index in [1.54, 1.807) is 7.11 Å². The van der Waals surface area contributed by atoms with Crippen LogP contribution in [0.5, 0.6) is 5.75 Å². The first-order valence-corrected chi connectivity index (χ1v) is 6.32. The molecule has 1 heterocycles. The van der Waals surface area contributed by atoms with Crippen molar-refractivity contribution in [1.29, 1.82) is 0 Å². The monoisotopic (exact) mass is 261 g/mol. The van der Waals surface area contributed by atoms with E-state index in [4.69, 9.17) is 9.47 Å². The summed E-state index contributed by atoms with van der Waals surface area (Å²) in [7, 11) is 1.57. The Labute approximate surface area is 110 Å². The molecule has 1 fully saturated rings. The van der Waals surface area contributed by atoms with Crippen molar-refractivity contribution >= 4 is 12.0 Å². The number of imide groups is 1. The van der Waals surface area contributed by atoms with Gasteiger partial charge in [0.25, 0.3) is 5.91 Å². The zero-order chi connectivity index (χ0) is 13.6. The van der Waals surface area contributed by atoms with E-state index < -0.39 is 18.1 Å². The standard InChI is InChI=1S/C14H15NO4/c1-7-6-8-4-3-5-9(8)10(11(7)18-2)12-13(16)15-14(17)19-12/h6,12H,3-5H2,1-2H3,(H,15,16,17). The number of hydrogen-bond donors (Lipinski definition) is 1. The van der Waals surface area contributed by atoms with Crippen LogP contribution in [0.3, 0.4) is 0 Å². The summed E-state index contributed by atoms with van der Waals surface area (Å²) in [5, 5.41) is 2.17. The lowest BCUT2D eigenvalue weighted by molar-refractivity contribution is -0.123. The van der Waals surface area contributed by atoms with Gasteiger partial charge in [-0.2, -0.15) is 0 Å². The molecule has 0 bridgehead atoms. The highest BCUT2D eigenvalue weighted by Crippen LogP contribution is 2.40. The Balaban J connectivity index is 2.19. The lowest BCUT2D eigenvalue weighted by atomic mass is 9.94. The molecule has 0 spiro atoms. The summed E-state index contributed by atoms with van der Waals surface area (Å²) in [6.07, 6.45) is 1.37. The molecule has 100 valence electrons. The maximum absolute atomic E-state index is 11.9. The summed E-state index contributed by atoms with van der Waals surface area (Å²) in [5.74, 6) is 0.235. The molecule has 2 aliphatic rings. The van der Waals surface area contributed by atoms with E-state index in [0.29, 0.717) is 5.75 Å². The average molecular weight is 261 g/mol. The number of aryl methyl sites for hydroxylation is 2. The summed E-state index contributed by atoms with van der Waals surface area (Å²) >= 11 is 0. The molecule has 19 heavy (non-hydrogen) atoms. The van der Waals surface area contributed by atoms with E-state index in [1.807, 2.05) is 6.92 Å².